The van der Waals surface area contributed by atoms with Gasteiger partial charge < -0.3 is 9.68 Å². The molecule has 1 rings (SSSR count). The van der Waals surface area contributed by atoms with Gasteiger partial charge in [-0.25, -0.2) is 0 Å². The zero-order valence-electron chi connectivity index (χ0n) is 5.56. The molecule has 0 spiro atoms. The Hall–Kier alpha value is 0.270. The number of rotatable bonds is 0. The van der Waals surface area contributed by atoms with Crippen LogP contribution in [-0.4, -0.2) is 12.3 Å². The van der Waals surface area contributed by atoms with Crippen LogP contribution in [0.1, 0.15) is 25.7 Å². The lowest BCUT2D eigenvalue weighted by Crippen LogP contribution is -3.00. The van der Waals surface area contributed by atoms with Gasteiger partial charge in [0, 0.05) is 5.75 Å². The van der Waals surface area contributed by atoms with E-state index in [0.717, 1.165) is 18.7 Å². The van der Waals surface area contributed by atoms with E-state index in [-0.39, 0.29) is 0 Å². The molecule has 1 aliphatic heterocycles. The molecular weight excluding hydrogens is 134 g/mol. The third-order valence-corrected chi connectivity index (χ3v) is 2.56. The summed E-state index contributed by atoms with van der Waals surface area (Å²) >= 11 is 1.51. The summed E-state index contributed by atoms with van der Waals surface area (Å²) in [5.41, 5.74) is 0. The molecule has 0 amide bonds. The van der Waals surface area contributed by atoms with Crippen molar-refractivity contribution in [2.75, 3.05) is 12.3 Å². The maximum atomic E-state index is 10.8. The van der Waals surface area contributed by atoms with E-state index in [1.807, 2.05) is 0 Å². The molecule has 9 heavy (non-hydrogen) atoms. The molecule has 0 aromatic heterocycles. The minimum atomic E-state index is 0.398. The molecule has 0 bridgehead atoms. The van der Waals surface area contributed by atoms with Crippen LogP contribution in [0.2, 0.25) is 0 Å². The van der Waals surface area contributed by atoms with Crippen molar-refractivity contribution in [3.63, 3.8) is 0 Å². The van der Waals surface area contributed by atoms with Crippen LogP contribution in [-0.2, 0) is 0 Å². The fraction of sp³-hybridized carbons (Fsp3) is 1.00. The smallest absolute Gasteiger partial charge is 0.0874 e. The van der Waals surface area contributed by atoms with Crippen molar-refractivity contribution in [1.82, 2.24) is 0 Å². The Bertz CT molecular complexity index is 71.5. The van der Waals surface area contributed by atoms with Crippen LogP contribution in [0.5, 0.6) is 0 Å². The second kappa shape index (κ2) is 4.14. The molecular formula is C6H13NOS. The lowest BCUT2D eigenvalue weighted by molar-refractivity contribution is -0.695. The predicted molar refractivity (Wildman–Crippen MR) is 40.1 cm³/mol. The molecule has 0 saturated carbocycles. The van der Waals surface area contributed by atoms with Gasteiger partial charge in [-0.05, 0) is 19.3 Å². The number of quaternary nitrogens is 1. The summed E-state index contributed by atoms with van der Waals surface area (Å²) in [6.07, 6.45) is 4.93. The molecule has 0 aromatic carbocycles. The Labute approximate surface area is 60.3 Å². The van der Waals surface area contributed by atoms with E-state index in [1.54, 1.807) is 0 Å². The molecule has 54 valence electrons. The van der Waals surface area contributed by atoms with E-state index >= 15 is 0 Å². The van der Waals surface area contributed by atoms with E-state index in [0.29, 0.717) is 4.47 Å². The summed E-state index contributed by atoms with van der Waals surface area (Å²) in [5.74, 6) is 1.05. The standard InChI is InChI=1S/C6H13NOS/c8-7-5-3-1-2-4-6-9-7/h7H,1-6H2. The maximum absolute atomic E-state index is 10.8. The minimum Gasteiger partial charge on any atom is -0.622 e. The van der Waals surface area contributed by atoms with Crippen LogP contribution in [0.25, 0.3) is 0 Å². The molecule has 0 radical (unpaired) electrons. The van der Waals surface area contributed by atoms with Crippen molar-refractivity contribution in [1.29, 1.82) is 0 Å². The first-order chi connectivity index (χ1) is 4.39. The Morgan fingerprint density at radius 2 is 1.89 bits per heavy atom. The molecule has 1 unspecified atom stereocenters. The zero-order chi connectivity index (χ0) is 6.53. The van der Waals surface area contributed by atoms with Crippen LogP contribution >= 0.6 is 11.9 Å². The van der Waals surface area contributed by atoms with Gasteiger partial charge in [-0.1, -0.05) is 6.42 Å². The highest BCUT2D eigenvalue weighted by molar-refractivity contribution is 7.93. The molecule has 0 aromatic rings. The lowest BCUT2D eigenvalue weighted by Gasteiger charge is -2.21. The molecule has 1 aliphatic rings. The zero-order valence-corrected chi connectivity index (χ0v) is 6.38. The fourth-order valence-corrected chi connectivity index (χ4v) is 1.85. The van der Waals surface area contributed by atoms with Crippen LogP contribution in [0.15, 0.2) is 0 Å². The Morgan fingerprint density at radius 1 is 1.11 bits per heavy atom. The first-order valence-corrected chi connectivity index (χ1v) is 4.54. The average Bonchev–Trinajstić information content (AvgIpc) is 1.79. The number of hydroxylamine groups is 1. The number of hydrogen-bond acceptors (Lipinski definition) is 2. The second-order valence-electron chi connectivity index (χ2n) is 2.38. The fourth-order valence-electron chi connectivity index (χ4n) is 0.983. The largest absolute Gasteiger partial charge is 0.622 e. The van der Waals surface area contributed by atoms with Crippen molar-refractivity contribution in [2.45, 2.75) is 25.7 Å². The summed E-state index contributed by atoms with van der Waals surface area (Å²) in [6, 6.07) is 0. The van der Waals surface area contributed by atoms with Crippen LogP contribution in [0.4, 0.5) is 0 Å². The molecule has 0 aliphatic carbocycles. The van der Waals surface area contributed by atoms with Gasteiger partial charge >= 0.3 is 0 Å². The highest BCUT2D eigenvalue weighted by Crippen LogP contribution is 2.04. The van der Waals surface area contributed by atoms with Gasteiger partial charge in [-0.2, -0.15) is 0 Å². The van der Waals surface area contributed by atoms with Gasteiger partial charge in [0.2, 0.25) is 0 Å². The summed E-state index contributed by atoms with van der Waals surface area (Å²) < 4.78 is 0.398. The van der Waals surface area contributed by atoms with Crippen molar-refractivity contribution < 1.29 is 4.47 Å². The monoisotopic (exact) mass is 147 g/mol. The Morgan fingerprint density at radius 3 is 2.78 bits per heavy atom. The molecule has 1 saturated heterocycles. The molecule has 2 nitrogen and oxygen atoms in total. The van der Waals surface area contributed by atoms with Crippen molar-refractivity contribution in [3.05, 3.63) is 5.21 Å². The normalized spacial score (nSPS) is 31.0. The lowest BCUT2D eigenvalue weighted by atomic mass is 10.2. The predicted octanol–water partition coefficient (Wildman–Crippen LogP) is 0.591. The third kappa shape index (κ3) is 3.08. The molecule has 1 N–H and O–H groups in total. The third-order valence-electron chi connectivity index (χ3n) is 1.54. The second-order valence-corrected chi connectivity index (χ2v) is 3.54. The first kappa shape index (κ1) is 7.38. The van der Waals surface area contributed by atoms with Gasteiger partial charge in [-0.15, -0.1) is 0 Å². The van der Waals surface area contributed by atoms with Gasteiger partial charge in [-0.3, -0.25) is 0 Å². The summed E-state index contributed by atoms with van der Waals surface area (Å²) in [5, 5.41) is 10.8. The highest BCUT2D eigenvalue weighted by atomic mass is 32.2. The first-order valence-electron chi connectivity index (χ1n) is 3.55. The molecule has 1 atom stereocenters. The quantitative estimate of drug-likeness (QED) is 0.401. The Kier molecular flexibility index (Phi) is 3.40. The summed E-state index contributed by atoms with van der Waals surface area (Å²) in [6.45, 7) is 0.810. The molecule has 3 heteroatoms. The van der Waals surface area contributed by atoms with E-state index in [4.69, 9.17) is 0 Å². The van der Waals surface area contributed by atoms with Gasteiger partial charge in [0.05, 0.1) is 18.5 Å². The number of hydrogen-bond donors (Lipinski definition) is 1. The summed E-state index contributed by atoms with van der Waals surface area (Å²) in [4.78, 5) is 0. The molecule has 1 fully saturated rings. The van der Waals surface area contributed by atoms with Crippen molar-refractivity contribution in [2.24, 2.45) is 0 Å². The Balaban J connectivity index is 2.12. The highest BCUT2D eigenvalue weighted by Gasteiger charge is 2.03. The van der Waals surface area contributed by atoms with Crippen LogP contribution < -0.4 is 4.47 Å². The minimum absolute atomic E-state index is 0.398. The van der Waals surface area contributed by atoms with Crippen LogP contribution in [0.3, 0.4) is 0 Å². The van der Waals surface area contributed by atoms with Gasteiger partial charge in [0.1, 0.15) is 0 Å². The topological polar surface area (TPSA) is 27.5 Å². The van der Waals surface area contributed by atoms with E-state index in [9.17, 15) is 5.21 Å². The SMILES string of the molecule is [O-][NH+]1CCCCCCS1. The maximum Gasteiger partial charge on any atom is 0.0874 e. The van der Waals surface area contributed by atoms with E-state index in [1.165, 1.54) is 31.2 Å². The van der Waals surface area contributed by atoms with Gasteiger partial charge in [0.25, 0.3) is 0 Å². The van der Waals surface area contributed by atoms with Crippen molar-refractivity contribution in [3.8, 4) is 0 Å². The summed E-state index contributed by atoms with van der Waals surface area (Å²) in [7, 11) is 0. The van der Waals surface area contributed by atoms with E-state index < -0.39 is 0 Å². The van der Waals surface area contributed by atoms with Crippen molar-refractivity contribution >= 4 is 11.9 Å². The van der Waals surface area contributed by atoms with Crippen LogP contribution in [0, 0.1) is 5.21 Å². The van der Waals surface area contributed by atoms with Gasteiger partial charge in [0.15, 0.2) is 0 Å². The average molecular weight is 147 g/mol. The molecule has 1 heterocycles. The van der Waals surface area contributed by atoms with E-state index in [2.05, 4.69) is 0 Å². The number of nitrogens with one attached hydrogen (secondary N) is 1.